The summed E-state index contributed by atoms with van der Waals surface area (Å²) in [6, 6.07) is 6.52. The maximum atomic E-state index is 11.3. The molecule has 0 aliphatic carbocycles. The molecule has 6 heteroatoms. The number of amides is 1. The zero-order valence-corrected chi connectivity index (χ0v) is 9.93. The third-order valence-corrected chi connectivity index (χ3v) is 2.12. The van der Waals surface area contributed by atoms with Crippen LogP contribution in [0.5, 0.6) is 0 Å². The molecule has 0 fully saturated rings. The first kappa shape index (κ1) is 13.7. The minimum absolute atomic E-state index is 0.266. The van der Waals surface area contributed by atoms with Crippen LogP contribution in [0.1, 0.15) is 6.92 Å². The van der Waals surface area contributed by atoms with Crippen LogP contribution >= 0.6 is 0 Å². The van der Waals surface area contributed by atoms with Crippen LogP contribution in [0.15, 0.2) is 36.4 Å². The number of anilines is 2. The fourth-order valence-corrected chi connectivity index (χ4v) is 1.13. The molecule has 0 aliphatic rings. The van der Waals surface area contributed by atoms with Crippen molar-refractivity contribution in [3.05, 3.63) is 36.4 Å². The van der Waals surface area contributed by atoms with Gasteiger partial charge in [-0.3, -0.25) is 4.79 Å². The van der Waals surface area contributed by atoms with Gasteiger partial charge in [0.2, 0.25) is 0 Å². The summed E-state index contributed by atoms with van der Waals surface area (Å²) in [5, 5.41) is 13.8. The second-order valence-electron chi connectivity index (χ2n) is 3.77. The molecule has 0 heterocycles. The second-order valence-corrected chi connectivity index (χ2v) is 3.77. The Morgan fingerprint density at radius 2 is 1.78 bits per heavy atom. The lowest BCUT2D eigenvalue weighted by Crippen LogP contribution is -2.37. The van der Waals surface area contributed by atoms with E-state index in [1.807, 2.05) is 0 Å². The fourth-order valence-electron chi connectivity index (χ4n) is 1.13. The van der Waals surface area contributed by atoms with Crippen LogP contribution in [0.2, 0.25) is 0 Å². The Morgan fingerprint density at radius 1 is 1.28 bits per heavy atom. The van der Waals surface area contributed by atoms with E-state index in [-0.39, 0.29) is 5.91 Å². The summed E-state index contributed by atoms with van der Waals surface area (Å²) < 4.78 is 0. The highest BCUT2D eigenvalue weighted by atomic mass is 16.4. The van der Waals surface area contributed by atoms with Crippen LogP contribution in [0.4, 0.5) is 11.4 Å². The van der Waals surface area contributed by atoms with Crippen LogP contribution in [0.25, 0.3) is 0 Å². The predicted octanol–water partition coefficient (Wildman–Crippen LogP) is 0.982. The number of carbonyl (C=O) groups is 2. The Labute approximate surface area is 104 Å². The highest BCUT2D eigenvalue weighted by Gasteiger charge is 2.10. The number of nitrogens with one attached hydrogen (secondary N) is 2. The Kier molecular flexibility index (Phi) is 4.45. The predicted molar refractivity (Wildman–Crippen MR) is 69.1 cm³/mol. The first-order chi connectivity index (χ1) is 8.40. The van der Waals surface area contributed by atoms with E-state index in [2.05, 4.69) is 17.2 Å². The average molecular weight is 249 g/mol. The third-order valence-electron chi connectivity index (χ3n) is 2.12. The van der Waals surface area contributed by atoms with Crippen LogP contribution in [-0.4, -0.2) is 23.1 Å². The molecule has 1 aromatic rings. The quantitative estimate of drug-likeness (QED) is 0.460. The van der Waals surface area contributed by atoms with Gasteiger partial charge in [-0.25, -0.2) is 4.79 Å². The maximum Gasteiger partial charge on any atom is 0.341 e. The molecule has 1 rings (SSSR count). The van der Waals surface area contributed by atoms with Gasteiger partial charge in [0, 0.05) is 16.9 Å². The van der Waals surface area contributed by atoms with Gasteiger partial charge in [0.1, 0.15) is 0 Å². The van der Waals surface area contributed by atoms with Crippen molar-refractivity contribution in [1.29, 1.82) is 0 Å². The van der Waals surface area contributed by atoms with Crippen molar-refractivity contribution in [2.24, 2.45) is 5.73 Å². The van der Waals surface area contributed by atoms with Crippen LogP contribution in [-0.2, 0) is 9.59 Å². The standard InChI is InChI=1S/C12H15N3O3/c1-7(2)11(16)15-9-5-3-8(4-6-9)14-10(13)12(17)18/h3-6,10,14H,1,13H2,2H3,(H,15,16)(H,17,18). The Bertz CT molecular complexity index is 468. The van der Waals surface area contributed by atoms with Gasteiger partial charge in [0.15, 0.2) is 6.17 Å². The summed E-state index contributed by atoms with van der Waals surface area (Å²) in [5.41, 5.74) is 6.87. The van der Waals surface area contributed by atoms with E-state index in [1.54, 1.807) is 31.2 Å². The van der Waals surface area contributed by atoms with Gasteiger partial charge in [-0.1, -0.05) is 6.58 Å². The van der Waals surface area contributed by atoms with Gasteiger partial charge >= 0.3 is 5.97 Å². The van der Waals surface area contributed by atoms with Crippen molar-refractivity contribution >= 4 is 23.3 Å². The smallest absolute Gasteiger partial charge is 0.341 e. The average Bonchev–Trinajstić information content (AvgIpc) is 2.31. The molecule has 1 amide bonds. The first-order valence-electron chi connectivity index (χ1n) is 5.22. The summed E-state index contributed by atoms with van der Waals surface area (Å²) in [4.78, 5) is 21.9. The third kappa shape index (κ3) is 3.91. The summed E-state index contributed by atoms with van der Waals surface area (Å²) in [7, 11) is 0. The molecule has 0 radical (unpaired) electrons. The number of carboxylic acid groups (broad SMARTS) is 1. The normalized spacial score (nSPS) is 11.4. The molecule has 0 aromatic heterocycles. The number of benzene rings is 1. The molecule has 96 valence electrons. The van der Waals surface area contributed by atoms with E-state index in [0.29, 0.717) is 16.9 Å². The van der Waals surface area contributed by atoms with E-state index >= 15 is 0 Å². The van der Waals surface area contributed by atoms with E-state index in [1.165, 1.54) is 0 Å². The van der Waals surface area contributed by atoms with Crippen LogP contribution in [0.3, 0.4) is 0 Å². The molecular weight excluding hydrogens is 234 g/mol. The van der Waals surface area contributed by atoms with Crippen molar-refractivity contribution in [1.82, 2.24) is 0 Å². The number of carboxylic acids is 1. The minimum atomic E-state index is -1.17. The largest absolute Gasteiger partial charge is 0.479 e. The van der Waals surface area contributed by atoms with Crippen molar-refractivity contribution in [2.75, 3.05) is 10.6 Å². The number of carbonyl (C=O) groups excluding carboxylic acids is 1. The number of hydrogen-bond donors (Lipinski definition) is 4. The van der Waals surface area contributed by atoms with Crippen molar-refractivity contribution in [2.45, 2.75) is 13.1 Å². The SMILES string of the molecule is C=C(C)C(=O)Nc1ccc(NC(N)C(=O)O)cc1. The lowest BCUT2D eigenvalue weighted by atomic mass is 10.2. The molecule has 18 heavy (non-hydrogen) atoms. The summed E-state index contributed by atoms with van der Waals surface area (Å²) in [6.45, 7) is 5.13. The summed E-state index contributed by atoms with van der Waals surface area (Å²) in [6.07, 6.45) is -1.17. The molecule has 5 N–H and O–H groups in total. The molecule has 1 unspecified atom stereocenters. The van der Waals surface area contributed by atoms with Gasteiger partial charge in [-0.2, -0.15) is 0 Å². The number of nitrogens with two attached hydrogens (primary N) is 1. The summed E-state index contributed by atoms with van der Waals surface area (Å²) in [5.74, 6) is -1.41. The highest BCUT2D eigenvalue weighted by molar-refractivity contribution is 6.02. The number of hydrogen-bond acceptors (Lipinski definition) is 4. The molecule has 1 aromatic carbocycles. The Hall–Kier alpha value is -2.34. The molecule has 6 nitrogen and oxygen atoms in total. The van der Waals surface area contributed by atoms with Gasteiger partial charge in [0.25, 0.3) is 5.91 Å². The number of rotatable bonds is 5. The molecular formula is C12H15N3O3. The number of aliphatic carboxylic acids is 1. The monoisotopic (exact) mass is 249 g/mol. The molecule has 0 saturated carbocycles. The second kappa shape index (κ2) is 5.83. The minimum Gasteiger partial charge on any atom is -0.479 e. The fraction of sp³-hybridized carbons (Fsp3) is 0.167. The van der Waals surface area contributed by atoms with Crippen molar-refractivity contribution < 1.29 is 14.7 Å². The lowest BCUT2D eigenvalue weighted by molar-refractivity contribution is -0.137. The van der Waals surface area contributed by atoms with Crippen molar-refractivity contribution in [3.63, 3.8) is 0 Å². The van der Waals surface area contributed by atoms with Crippen molar-refractivity contribution in [3.8, 4) is 0 Å². The van der Waals surface area contributed by atoms with Gasteiger partial charge in [0.05, 0.1) is 0 Å². The molecule has 1 atom stereocenters. The highest BCUT2D eigenvalue weighted by Crippen LogP contribution is 2.14. The molecule has 0 aliphatic heterocycles. The zero-order valence-electron chi connectivity index (χ0n) is 9.93. The topological polar surface area (TPSA) is 104 Å². The van der Waals surface area contributed by atoms with Crippen LogP contribution in [0, 0.1) is 0 Å². The van der Waals surface area contributed by atoms with E-state index < -0.39 is 12.1 Å². The molecule has 0 spiro atoms. The zero-order chi connectivity index (χ0) is 13.7. The van der Waals surface area contributed by atoms with Gasteiger partial charge in [-0.15, -0.1) is 0 Å². The molecule has 0 saturated heterocycles. The van der Waals surface area contributed by atoms with E-state index in [0.717, 1.165) is 0 Å². The van der Waals surface area contributed by atoms with E-state index in [4.69, 9.17) is 10.8 Å². The Balaban J connectivity index is 2.66. The summed E-state index contributed by atoms with van der Waals surface area (Å²) >= 11 is 0. The lowest BCUT2D eigenvalue weighted by Gasteiger charge is -2.11. The first-order valence-corrected chi connectivity index (χ1v) is 5.22. The maximum absolute atomic E-state index is 11.3. The van der Waals surface area contributed by atoms with Crippen LogP contribution < -0.4 is 16.4 Å². The van der Waals surface area contributed by atoms with E-state index in [9.17, 15) is 9.59 Å². The molecule has 0 bridgehead atoms. The van der Waals surface area contributed by atoms with Gasteiger partial charge in [-0.05, 0) is 31.2 Å². The Morgan fingerprint density at radius 3 is 2.22 bits per heavy atom. The van der Waals surface area contributed by atoms with Gasteiger partial charge < -0.3 is 21.5 Å².